The summed E-state index contributed by atoms with van der Waals surface area (Å²) in [5, 5.41) is 8.51. The van der Waals surface area contributed by atoms with Gasteiger partial charge in [0.25, 0.3) is 0 Å². The Morgan fingerprint density at radius 2 is 0.941 bits per heavy atom. The molecule has 4 nitrogen and oxygen atoms in total. The quantitative estimate of drug-likeness (QED) is 0.177. The first-order valence-corrected chi connectivity index (χ1v) is 17.1. The lowest BCUT2D eigenvalue weighted by Crippen LogP contribution is -2.19. The molecule has 0 aliphatic carbocycles. The van der Waals surface area contributed by atoms with Crippen LogP contribution in [0.4, 0.5) is 0 Å². The van der Waals surface area contributed by atoms with Crippen LogP contribution in [0.15, 0.2) is 176 Å². The molecule has 1 aliphatic rings. The molecule has 1 aliphatic heterocycles. The van der Waals surface area contributed by atoms with Crippen LogP contribution >= 0.6 is 24.0 Å². The average Bonchev–Trinajstić information content (AvgIpc) is 3.71. The maximum absolute atomic E-state index is 5.15. The largest absolute Gasteiger partial charge is 0.368 e. The number of aromatic nitrogens is 3. The van der Waals surface area contributed by atoms with Crippen molar-refractivity contribution in [3.05, 3.63) is 176 Å². The Morgan fingerprint density at radius 3 is 1.49 bits per heavy atom. The van der Waals surface area contributed by atoms with E-state index < -0.39 is 0 Å². The third-order valence-electron chi connectivity index (χ3n) is 9.92. The van der Waals surface area contributed by atoms with Gasteiger partial charge in [0.1, 0.15) is 5.82 Å². The van der Waals surface area contributed by atoms with Crippen molar-refractivity contribution in [2.45, 2.75) is 0 Å². The summed E-state index contributed by atoms with van der Waals surface area (Å²) in [4.78, 5) is 5.15. The van der Waals surface area contributed by atoms with Crippen LogP contribution in [0.5, 0.6) is 0 Å². The number of fused-ring (bicyclic) bond motifs is 6. The average molecular weight is 769 g/mol. The molecule has 0 spiro atoms. The molecule has 6 aromatic carbocycles. The lowest BCUT2D eigenvalue weighted by molar-refractivity contribution is 0.922. The topological polar surface area (TPSA) is 34.8 Å². The fraction of sp³-hybridized carbons (Fsp3) is 0.0217. The highest BCUT2D eigenvalue weighted by Crippen LogP contribution is 2.39. The van der Waals surface area contributed by atoms with E-state index in [1.54, 1.807) is 0 Å². The molecular weight excluding hydrogens is 735 g/mol. The van der Waals surface area contributed by atoms with Crippen LogP contribution in [0.2, 0.25) is 0 Å². The van der Waals surface area contributed by atoms with Crippen molar-refractivity contribution in [1.82, 2.24) is 19.4 Å². The number of dihydropyridines is 1. The van der Waals surface area contributed by atoms with Gasteiger partial charge in [-0.1, -0.05) is 121 Å². The number of nitrogens with one attached hydrogen (secondary N) is 1. The van der Waals surface area contributed by atoms with Gasteiger partial charge in [0.05, 0.1) is 39.1 Å². The molecule has 0 bridgehead atoms. The van der Waals surface area contributed by atoms with Crippen molar-refractivity contribution in [1.29, 1.82) is 0 Å². The van der Waals surface area contributed by atoms with Crippen LogP contribution in [0.25, 0.3) is 88.8 Å². The van der Waals surface area contributed by atoms with Crippen LogP contribution in [0.1, 0.15) is 0 Å². The molecule has 0 atom stereocenters. The van der Waals surface area contributed by atoms with E-state index >= 15 is 0 Å². The molecule has 0 amide bonds. The van der Waals surface area contributed by atoms with Gasteiger partial charge in [-0.3, -0.25) is 4.57 Å². The number of hydrogen-bond acceptors (Lipinski definition) is 2. The van der Waals surface area contributed by atoms with E-state index in [-0.39, 0.29) is 24.0 Å². The zero-order chi connectivity index (χ0) is 33.0. The first-order valence-electron chi connectivity index (χ1n) is 17.1. The van der Waals surface area contributed by atoms with Crippen molar-refractivity contribution >= 4 is 73.4 Å². The maximum Gasteiger partial charge on any atom is 0.111 e. The van der Waals surface area contributed by atoms with E-state index in [2.05, 4.69) is 190 Å². The molecule has 0 saturated carbocycles. The van der Waals surface area contributed by atoms with Gasteiger partial charge in [0.2, 0.25) is 0 Å². The van der Waals surface area contributed by atoms with Gasteiger partial charge in [-0.25, -0.2) is 4.98 Å². The molecule has 0 unspecified atom stereocenters. The highest BCUT2D eigenvalue weighted by Gasteiger charge is 2.18. The number of rotatable bonds is 5. The van der Waals surface area contributed by atoms with Crippen LogP contribution in [-0.4, -0.2) is 20.7 Å². The van der Waals surface area contributed by atoms with Crippen molar-refractivity contribution < 1.29 is 0 Å². The maximum atomic E-state index is 5.15. The minimum atomic E-state index is 0. The van der Waals surface area contributed by atoms with Crippen LogP contribution in [0, 0.1) is 0 Å². The first-order chi connectivity index (χ1) is 24.8. The molecule has 0 radical (unpaired) electrons. The lowest BCUT2D eigenvalue weighted by atomic mass is 10.0. The van der Waals surface area contributed by atoms with Gasteiger partial charge in [-0.15, -0.1) is 24.0 Å². The first kappa shape index (κ1) is 31.1. The molecule has 4 heterocycles. The van der Waals surface area contributed by atoms with Crippen molar-refractivity contribution in [2.24, 2.45) is 0 Å². The molecule has 5 heteroatoms. The predicted molar refractivity (Wildman–Crippen MR) is 225 cm³/mol. The van der Waals surface area contributed by atoms with Gasteiger partial charge in [0.15, 0.2) is 0 Å². The lowest BCUT2D eigenvalue weighted by Gasteiger charge is -2.16. The number of halogens is 1. The van der Waals surface area contributed by atoms with E-state index in [0.29, 0.717) is 0 Å². The number of nitrogens with zero attached hydrogens (tertiary/aromatic N) is 3. The van der Waals surface area contributed by atoms with E-state index in [1.807, 2.05) is 0 Å². The molecule has 51 heavy (non-hydrogen) atoms. The Morgan fingerprint density at radius 1 is 0.451 bits per heavy atom. The highest BCUT2D eigenvalue weighted by atomic mass is 127. The second-order valence-corrected chi connectivity index (χ2v) is 12.9. The van der Waals surface area contributed by atoms with Gasteiger partial charge >= 0.3 is 0 Å². The Kier molecular flexibility index (Phi) is 7.78. The SMILES string of the molecule is C1=CCNC(n2c3ccccc3c3cc(-c4ccc5c(c4)c4ccccc4n5-c4cc(-c5ccccc5)nc(-c5ccccc5)c4)ccc32)=C1.I. The zero-order valence-electron chi connectivity index (χ0n) is 27.7. The van der Waals surface area contributed by atoms with Crippen molar-refractivity contribution in [3.8, 4) is 39.3 Å². The fourth-order valence-corrected chi connectivity index (χ4v) is 7.60. The smallest absolute Gasteiger partial charge is 0.111 e. The Labute approximate surface area is 313 Å². The highest BCUT2D eigenvalue weighted by molar-refractivity contribution is 14.0. The third-order valence-corrected chi connectivity index (χ3v) is 9.92. The van der Waals surface area contributed by atoms with Crippen LogP contribution < -0.4 is 5.32 Å². The molecule has 3 aromatic heterocycles. The molecular formula is C46H33IN4. The Balaban J connectivity index is 0.00000348. The summed E-state index contributed by atoms with van der Waals surface area (Å²) in [6.45, 7) is 0.826. The number of hydrogen-bond donors (Lipinski definition) is 1. The summed E-state index contributed by atoms with van der Waals surface area (Å²) >= 11 is 0. The summed E-state index contributed by atoms with van der Waals surface area (Å²) in [6, 6.07) is 56.6. The summed E-state index contributed by atoms with van der Waals surface area (Å²) in [5.41, 5.74) is 12.3. The summed E-state index contributed by atoms with van der Waals surface area (Å²) < 4.78 is 4.74. The second-order valence-electron chi connectivity index (χ2n) is 12.9. The molecule has 0 fully saturated rings. The minimum Gasteiger partial charge on any atom is -0.368 e. The van der Waals surface area contributed by atoms with Crippen molar-refractivity contribution in [2.75, 3.05) is 6.54 Å². The Hall–Kier alpha value is -5.92. The fourth-order valence-electron chi connectivity index (χ4n) is 7.60. The molecule has 1 N–H and O–H groups in total. The predicted octanol–water partition coefficient (Wildman–Crippen LogP) is 11.9. The summed E-state index contributed by atoms with van der Waals surface area (Å²) in [6.07, 6.45) is 6.42. The van der Waals surface area contributed by atoms with Gasteiger partial charge in [-0.2, -0.15) is 0 Å². The van der Waals surface area contributed by atoms with Crippen LogP contribution in [-0.2, 0) is 0 Å². The molecule has 244 valence electrons. The van der Waals surface area contributed by atoms with Gasteiger partial charge in [0, 0.05) is 39.2 Å². The van der Waals surface area contributed by atoms with E-state index in [1.165, 1.54) is 54.7 Å². The summed E-state index contributed by atoms with van der Waals surface area (Å²) in [5.74, 6) is 1.10. The van der Waals surface area contributed by atoms with E-state index in [4.69, 9.17) is 4.98 Å². The Bertz CT molecular complexity index is 2750. The minimum absolute atomic E-state index is 0. The second kappa shape index (κ2) is 12.8. The van der Waals surface area contributed by atoms with E-state index in [0.717, 1.165) is 40.6 Å². The number of allylic oxidation sites excluding steroid dienone is 2. The van der Waals surface area contributed by atoms with Crippen molar-refractivity contribution in [3.63, 3.8) is 0 Å². The monoisotopic (exact) mass is 768 g/mol. The normalized spacial score (nSPS) is 12.7. The van der Waals surface area contributed by atoms with Gasteiger partial charge in [-0.05, 0) is 65.7 Å². The number of para-hydroxylation sites is 2. The zero-order valence-corrected chi connectivity index (χ0v) is 30.0. The number of pyridine rings is 1. The van der Waals surface area contributed by atoms with Gasteiger partial charge < -0.3 is 9.88 Å². The molecule has 10 rings (SSSR count). The molecule has 9 aromatic rings. The van der Waals surface area contributed by atoms with Crippen LogP contribution in [0.3, 0.4) is 0 Å². The van der Waals surface area contributed by atoms with E-state index in [9.17, 15) is 0 Å². The third kappa shape index (κ3) is 5.24. The molecule has 0 saturated heterocycles. The number of benzene rings is 6. The standard InChI is InChI=1S/C46H32N4.HI/c1-3-13-31(14-4-1)40-29-35(30-41(48-40)32-15-5-2-6-16-32)49-42-19-9-7-17-36(42)38-27-33(22-24-44(38)49)34-23-25-45-39(28-34)37-18-8-10-20-43(37)50(45)46-21-11-12-26-47-46;/h1-25,27-30,47H,26H2;1H. The summed E-state index contributed by atoms with van der Waals surface area (Å²) in [7, 11) is 0.